The maximum Gasteiger partial charge on any atom is 0.230 e. The molecule has 0 spiro atoms. The second-order valence-electron chi connectivity index (χ2n) is 6.21. The monoisotopic (exact) mass is 417 g/mol. The van der Waals surface area contributed by atoms with E-state index < -0.39 is 5.54 Å². The molecule has 0 bridgehead atoms. The minimum Gasteiger partial charge on any atom is -1.00 e. The van der Waals surface area contributed by atoms with Crippen LogP contribution >= 0.6 is 15.9 Å². The summed E-state index contributed by atoms with van der Waals surface area (Å²) in [6.45, 7) is 6.73. The van der Waals surface area contributed by atoms with Gasteiger partial charge in [-0.2, -0.15) is 0 Å². The lowest BCUT2D eigenvalue weighted by Crippen LogP contribution is -3.22. The molecule has 1 saturated heterocycles. The van der Waals surface area contributed by atoms with Crippen LogP contribution in [0.4, 0.5) is 0 Å². The quantitative estimate of drug-likeness (QED) is 0.645. The summed E-state index contributed by atoms with van der Waals surface area (Å²) in [6.07, 6.45) is 3.71. The number of halogens is 2. The molecule has 2 aliphatic rings. The van der Waals surface area contributed by atoms with Crippen molar-refractivity contribution in [2.45, 2.75) is 38.6 Å². The summed E-state index contributed by atoms with van der Waals surface area (Å²) in [6, 6.07) is 3.89. The van der Waals surface area contributed by atoms with E-state index in [1.54, 1.807) is 0 Å². The van der Waals surface area contributed by atoms with Gasteiger partial charge in [-0.05, 0) is 43.9 Å². The Kier molecular flexibility index (Phi) is 5.16. The highest BCUT2D eigenvalue weighted by Crippen LogP contribution is 2.33. The molecule has 2 aliphatic heterocycles. The maximum absolute atomic E-state index is 13.0. The van der Waals surface area contributed by atoms with Crippen LogP contribution in [-0.4, -0.2) is 31.0 Å². The van der Waals surface area contributed by atoms with Crippen LogP contribution in [0.2, 0.25) is 0 Å². The van der Waals surface area contributed by atoms with E-state index in [1.165, 1.54) is 24.2 Å². The zero-order chi connectivity index (χ0) is 14.3. The number of nitrogens with one attached hydrogen (secondary N) is 1. The van der Waals surface area contributed by atoms with Gasteiger partial charge >= 0.3 is 0 Å². The van der Waals surface area contributed by atoms with Crippen LogP contribution in [0.15, 0.2) is 16.6 Å². The van der Waals surface area contributed by atoms with Gasteiger partial charge in [0.2, 0.25) is 5.78 Å². The number of piperidine rings is 1. The number of fused-ring (bicyclic) bond motifs is 1. The Morgan fingerprint density at radius 1 is 1.24 bits per heavy atom. The number of carbonyl (C=O) groups excluding carboxylic acids is 1. The molecule has 5 heteroatoms. The van der Waals surface area contributed by atoms with Crippen molar-refractivity contribution in [2.24, 2.45) is 0 Å². The number of Topliss-reactive ketones (excluding diaryl/α,β-unsaturated/α-hetero) is 1. The lowest BCUT2D eigenvalue weighted by atomic mass is 9.85. The molecule has 3 rings (SSSR count). The van der Waals surface area contributed by atoms with E-state index in [0.29, 0.717) is 6.61 Å². The SMILES string of the molecule is Cc1cc2c(cc1Br)C(=O)C(C)([NH+]1CCCCC1)CO2.[Br-]. The number of carbonyl (C=O) groups is 1. The average molecular weight is 419 g/mol. The van der Waals surface area contributed by atoms with Gasteiger partial charge in [-0.15, -0.1) is 0 Å². The lowest BCUT2D eigenvalue weighted by molar-refractivity contribution is -0.944. The molecule has 0 saturated carbocycles. The first-order valence-electron chi connectivity index (χ1n) is 7.35. The molecule has 1 aromatic carbocycles. The normalized spacial score (nSPS) is 25.8. The van der Waals surface area contributed by atoms with E-state index in [2.05, 4.69) is 22.9 Å². The molecule has 116 valence electrons. The van der Waals surface area contributed by atoms with Gasteiger partial charge in [0.15, 0.2) is 12.1 Å². The van der Waals surface area contributed by atoms with Crippen LogP contribution in [0.3, 0.4) is 0 Å². The van der Waals surface area contributed by atoms with Crippen molar-refractivity contribution in [2.75, 3.05) is 19.7 Å². The molecule has 2 heterocycles. The summed E-state index contributed by atoms with van der Waals surface area (Å²) in [5.74, 6) is 0.973. The van der Waals surface area contributed by atoms with Crippen LogP contribution < -0.4 is 26.6 Å². The summed E-state index contributed by atoms with van der Waals surface area (Å²) in [5, 5.41) is 0. The number of likely N-dealkylation sites (tertiary alicyclic amines) is 1. The van der Waals surface area contributed by atoms with Crippen molar-refractivity contribution in [1.29, 1.82) is 0 Å². The first-order valence-corrected chi connectivity index (χ1v) is 8.14. The fourth-order valence-corrected chi connectivity index (χ4v) is 3.67. The number of hydrogen-bond acceptors (Lipinski definition) is 2. The Hall–Kier alpha value is -0.390. The number of ketones is 1. The predicted octanol–water partition coefficient (Wildman–Crippen LogP) is -0.836. The highest BCUT2D eigenvalue weighted by atomic mass is 79.9. The Labute approximate surface area is 144 Å². The first kappa shape index (κ1) is 17.0. The maximum atomic E-state index is 13.0. The van der Waals surface area contributed by atoms with E-state index in [9.17, 15) is 4.79 Å². The van der Waals surface area contributed by atoms with E-state index >= 15 is 0 Å². The molecular weight excluding hydrogens is 398 g/mol. The number of quaternary nitrogens is 1. The standard InChI is InChI=1S/C16H20BrNO2.BrH/c1-11-8-14-12(9-13(11)17)15(19)16(2,10-20-14)18-6-4-3-5-7-18;/h8-9H,3-7,10H2,1-2H3;1H. The summed E-state index contributed by atoms with van der Waals surface area (Å²) < 4.78 is 6.91. The van der Waals surface area contributed by atoms with Crippen LogP contribution in [0, 0.1) is 6.92 Å². The highest BCUT2D eigenvalue weighted by molar-refractivity contribution is 9.10. The molecule has 0 aliphatic carbocycles. The third kappa shape index (κ3) is 2.92. The number of aryl methyl sites for hydroxylation is 1. The molecule has 1 aromatic rings. The Balaban J connectivity index is 0.00000161. The molecular formula is C16H21Br2NO2. The molecule has 1 unspecified atom stereocenters. The summed E-state index contributed by atoms with van der Waals surface area (Å²) >= 11 is 3.52. The van der Waals surface area contributed by atoms with Gasteiger partial charge in [-0.3, -0.25) is 4.79 Å². The van der Waals surface area contributed by atoms with Crippen molar-refractivity contribution in [1.82, 2.24) is 0 Å². The first-order chi connectivity index (χ1) is 9.52. The van der Waals surface area contributed by atoms with E-state index in [-0.39, 0.29) is 22.8 Å². The number of rotatable bonds is 1. The largest absolute Gasteiger partial charge is 1.00 e. The van der Waals surface area contributed by atoms with Crippen LogP contribution in [0.1, 0.15) is 42.1 Å². The summed E-state index contributed by atoms with van der Waals surface area (Å²) in [5.41, 5.74) is 1.40. The van der Waals surface area contributed by atoms with Gasteiger partial charge < -0.3 is 26.6 Å². The van der Waals surface area contributed by atoms with Crippen molar-refractivity contribution < 1.29 is 31.4 Å². The Morgan fingerprint density at radius 3 is 2.57 bits per heavy atom. The van der Waals surface area contributed by atoms with Gasteiger partial charge in [-0.25, -0.2) is 0 Å². The molecule has 1 atom stereocenters. The van der Waals surface area contributed by atoms with Crippen molar-refractivity contribution in [3.8, 4) is 5.75 Å². The topological polar surface area (TPSA) is 30.7 Å². The summed E-state index contributed by atoms with van der Waals surface area (Å²) in [7, 11) is 0. The van der Waals surface area contributed by atoms with Crippen molar-refractivity contribution in [3.05, 3.63) is 27.7 Å². The van der Waals surface area contributed by atoms with Gasteiger partial charge in [-0.1, -0.05) is 15.9 Å². The molecule has 1 N–H and O–H groups in total. The van der Waals surface area contributed by atoms with E-state index in [4.69, 9.17) is 4.74 Å². The fourth-order valence-electron chi connectivity index (χ4n) is 3.33. The Morgan fingerprint density at radius 2 is 1.90 bits per heavy atom. The van der Waals surface area contributed by atoms with Crippen LogP contribution in [0.25, 0.3) is 0 Å². The molecule has 0 amide bonds. The van der Waals surface area contributed by atoms with Gasteiger partial charge in [0, 0.05) is 11.4 Å². The lowest BCUT2D eigenvalue weighted by Gasteiger charge is -2.41. The van der Waals surface area contributed by atoms with Crippen molar-refractivity contribution >= 4 is 21.7 Å². The third-order valence-electron chi connectivity index (χ3n) is 4.76. The van der Waals surface area contributed by atoms with Crippen LogP contribution in [-0.2, 0) is 0 Å². The fraction of sp³-hybridized carbons (Fsp3) is 0.562. The molecule has 21 heavy (non-hydrogen) atoms. The zero-order valence-electron chi connectivity index (χ0n) is 12.5. The molecule has 0 radical (unpaired) electrons. The molecule has 3 nitrogen and oxygen atoms in total. The molecule has 1 fully saturated rings. The zero-order valence-corrected chi connectivity index (χ0v) is 15.6. The predicted molar refractivity (Wildman–Crippen MR) is 81.7 cm³/mol. The number of hydrogen-bond donors (Lipinski definition) is 1. The third-order valence-corrected chi connectivity index (χ3v) is 5.61. The second-order valence-corrected chi connectivity index (χ2v) is 7.07. The van der Waals surface area contributed by atoms with Gasteiger partial charge in [0.1, 0.15) is 5.75 Å². The average Bonchev–Trinajstić information content (AvgIpc) is 2.46. The highest BCUT2D eigenvalue weighted by Gasteiger charge is 2.48. The van der Waals surface area contributed by atoms with Crippen molar-refractivity contribution in [3.63, 3.8) is 0 Å². The van der Waals surface area contributed by atoms with E-state index in [1.807, 2.05) is 19.1 Å². The van der Waals surface area contributed by atoms with Crippen LogP contribution in [0.5, 0.6) is 5.75 Å². The van der Waals surface area contributed by atoms with E-state index in [0.717, 1.165) is 34.4 Å². The number of benzene rings is 1. The van der Waals surface area contributed by atoms with Gasteiger partial charge in [0.25, 0.3) is 0 Å². The number of ether oxygens (including phenoxy) is 1. The second kappa shape index (κ2) is 6.39. The summed E-state index contributed by atoms with van der Waals surface area (Å²) in [4.78, 5) is 14.4. The smallest absolute Gasteiger partial charge is 0.230 e. The minimum absolute atomic E-state index is 0. The van der Waals surface area contributed by atoms with Gasteiger partial charge in [0.05, 0.1) is 18.7 Å². The molecule has 0 aromatic heterocycles. The Bertz CT molecular complexity index is 555. The minimum atomic E-state index is -0.428.